The Labute approximate surface area is 131 Å². The molecule has 0 unspecified atom stereocenters. The standard InChI is InChI=1S/C16H15BrN2O2/c1-21-15-7-6-12(17)8-11(15)9-19-10-16(20)18-13-4-2-3-5-14(13)19/h2-8H,9-10H2,1H3,(H,18,20). The van der Waals surface area contributed by atoms with Gasteiger partial charge in [0.05, 0.1) is 25.0 Å². The van der Waals surface area contributed by atoms with Crippen LogP contribution in [-0.4, -0.2) is 19.6 Å². The average molecular weight is 347 g/mol. The molecule has 1 aliphatic rings. The Morgan fingerprint density at radius 1 is 1.29 bits per heavy atom. The summed E-state index contributed by atoms with van der Waals surface area (Å²) >= 11 is 3.48. The summed E-state index contributed by atoms with van der Waals surface area (Å²) in [7, 11) is 1.66. The van der Waals surface area contributed by atoms with Gasteiger partial charge >= 0.3 is 0 Å². The first kappa shape index (κ1) is 13.9. The number of halogens is 1. The topological polar surface area (TPSA) is 41.6 Å². The van der Waals surface area contributed by atoms with Crippen molar-refractivity contribution in [2.75, 3.05) is 23.9 Å². The number of hydrogen-bond acceptors (Lipinski definition) is 3. The van der Waals surface area contributed by atoms with Crippen LogP contribution in [0.5, 0.6) is 5.75 Å². The molecule has 4 nitrogen and oxygen atoms in total. The normalized spacial score (nSPS) is 13.6. The van der Waals surface area contributed by atoms with Crippen molar-refractivity contribution >= 4 is 33.2 Å². The van der Waals surface area contributed by atoms with E-state index in [9.17, 15) is 4.79 Å². The molecule has 2 aromatic carbocycles. The van der Waals surface area contributed by atoms with E-state index in [2.05, 4.69) is 26.1 Å². The molecule has 21 heavy (non-hydrogen) atoms. The number of fused-ring (bicyclic) bond motifs is 1. The molecule has 0 bridgehead atoms. The summed E-state index contributed by atoms with van der Waals surface area (Å²) in [5, 5.41) is 2.89. The summed E-state index contributed by atoms with van der Waals surface area (Å²) in [6.07, 6.45) is 0. The Bertz CT molecular complexity index is 688. The summed E-state index contributed by atoms with van der Waals surface area (Å²) < 4.78 is 6.40. The van der Waals surface area contributed by atoms with Crippen LogP contribution in [0.3, 0.4) is 0 Å². The van der Waals surface area contributed by atoms with E-state index in [1.807, 2.05) is 42.5 Å². The fourth-order valence-corrected chi connectivity index (χ4v) is 2.93. The van der Waals surface area contributed by atoms with Crippen molar-refractivity contribution in [3.8, 4) is 5.75 Å². The molecule has 1 amide bonds. The van der Waals surface area contributed by atoms with Gasteiger partial charge in [0.25, 0.3) is 0 Å². The number of anilines is 2. The van der Waals surface area contributed by atoms with Crippen LogP contribution in [-0.2, 0) is 11.3 Å². The average Bonchev–Trinajstić information content (AvgIpc) is 2.47. The van der Waals surface area contributed by atoms with Crippen LogP contribution in [0.15, 0.2) is 46.9 Å². The maximum Gasteiger partial charge on any atom is 0.243 e. The highest BCUT2D eigenvalue weighted by molar-refractivity contribution is 9.10. The summed E-state index contributed by atoms with van der Waals surface area (Å²) in [5.41, 5.74) is 2.92. The molecule has 2 aromatic rings. The molecule has 0 atom stereocenters. The monoisotopic (exact) mass is 346 g/mol. The minimum Gasteiger partial charge on any atom is -0.496 e. The summed E-state index contributed by atoms with van der Waals surface area (Å²) in [6.45, 7) is 0.958. The van der Waals surface area contributed by atoms with Gasteiger partial charge in [-0.3, -0.25) is 4.79 Å². The Morgan fingerprint density at radius 2 is 2.10 bits per heavy atom. The first-order valence-corrected chi connectivity index (χ1v) is 7.43. The molecular formula is C16H15BrN2O2. The summed E-state index contributed by atoms with van der Waals surface area (Å²) in [6, 6.07) is 13.7. The minimum atomic E-state index is 0.00247. The van der Waals surface area contributed by atoms with Gasteiger partial charge in [-0.25, -0.2) is 0 Å². The molecule has 0 radical (unpaired) electrons. The van der Waals surface area contributed by atoms with Gasteiger partial charge in [0.15, 0.2) is 0 Å². The number of carbonyl (C=O) groups excluding carboxylic acids is 1. The number of ether oxygens (including phenoxy) is 1. The van der Waals surface area contributed by atoms with E-state index >= 15 is 0 Å². The zero-order valence-corrected chi connectivity index (χ0v) is 13.2. The maximum absolute atomic E-state index is 11.9. The predicted octanol–water partition coefficient (Wildman–Crippen LogP) is 3.42. The van der Waals surface area contributed by atoms with Crippen molar-refractivity contribution in [3.63, 3.8) is 0 Å². The minimum absolute atomic E-state index is 0.00247. The summed E-state index contributed by atoms with van der Waals surface area (Å²) in [5.74, 6) is 0.823. The molecule has 3 rings (SSSR count). The van der Waals surface area contributed by atoms with Gasteiger partial charge in [-0.2, -0.15) is 0 Å². The Balaban J connectivity index is 1.95. The number of methoxy groups -OCH3 is 1. The number of amides is 1. The molecule has 5 heteroatoms. The van der Waals surface area contributed by atoms with Crippen LogP contribution in [0.1, 0.15) is 5.56 Å². The molecule has 0 saturated carbocycles. The van der Waals surface area contributed by atoms with E-state index in [0.29, 0.717) is 13.1 Å². The lowest BCUT2D eigenvalue weighted by Crippen LogP contribution is -2.37. The second-order valence-corrected chi connectivity index (χ2v) is 5.79. The van der Waals surface area contributed by atoms with E-state index in [4.69, 9.17) is 4.74 Å². The van der Waals surface area contributed by atoms with Gasteiger partial charge in [0, 0.05) is 16.6 Å². The molecule has 1 N–H and O–H groups in total. The number of hydrogen-bond donors (Lipinski definition) is 1. The lowest BCUT2D eigenvalue weighted by Gasteiger charge is -2.31. The van der Waals surface area contributed by atoms with Crippen molar-refractivity contribution in [2.24, 2.45) is 0 Å². The third-order valence-corrected chi connectivity index (χ3v) is 3.95. The first-order chi connectivity index (χ1) is 10.2. The highest BCUT2D eigenvalue weighted by atomic mass is 79.9. The number of carbonyl (C=O) groups is 1. The van der Waals surface area contributed by atoms with Gasteiger partial charge in [0.2, 0.25) is 5.91 Å². The quantitative estimate of drug-likeness (QED) is 0.925. The predicted molar refractivity (Wildman–Crippen MR) is 86.8 cm³/mol. The Morgan fingerprint density at radius 3 is 2.90 bits per heavy atom. The van der Waals surface area contributed by atoms with E-state index in [0.717, 1.165) is 27.2 Å². The van der Waals surface area contributed by atoms with Crippen molar-refractivity contribution in [1.82, 2.24) is 0 Å². The largest absolute Gasteiger partial charge is 0.496 e. The smallest absolute Gasteiger partial charge is 0.243 e. The molecule has 0 spiro atoms. The third-order valence-electron chi connectivity index (χ3n) is 3.46. The van der Waals surface area contributed by atoms with Crippen molar-refractivity contribution in [1.29, 1.82) is 0 Å². The van der Waals surface area contributed by atoms with Crippen molar-refractivity contribution in [3.05, 3.63) is 52.5 Å². The van der Waals surface area contributed by atoms with Crippen LogP contribution in [0.2, 0.25) is 0 Å². The molecule has 0 fully saturated rings. The lowest BCUT2D eigenvalue weighted by molar-refractivity contribution is -0.115. The highest BCUT2D eigenvalue weighted by Gasteiger charge is 2.22. The zero-order valence-electron chi connectivity index (χ0n) is 11.6. The summed E-state index contributed by atoms with van der Waals surface area (Å²) in [4.78, 5) is 13.9. The SMILES string of the molecule is COc1ccc(Br)cc1CN1CC(=O)Nc2ccccc21. The second-order valence-electron chi connectivity index (χ2n) is 4.88. The van der Waals surface area contributed by atoms with Crippen LogP contribution in [0.25, 0.3) is 0 Å². The third kappa shape index (κ3) is 2.88. The fraction of sp³-hybridized carbons (Fsp3) is 0.188. The van der Waals surface area contributed by atoms with E-state index in [1.165, 1.54) is 0 Å². The van der Waals surface area contributed by atoms with Crippen LogP contribution < -0.4 is 15.0 Å². The molecule has 1 aliphatic heterocycles. The fourth-order valence-electron chi connectivity index (χ4n) is 2.52. The number of para-hydroxylation sites is 2. The van der Waals surface area contributed by atoms with Crippen molar-refractivity contribution in [2.45, 2.75) is 6.54 Å². The zero-order chi connectivity index (χ0) is 14.8. The second kappa shape index (κ2) is 5.77. The molecule has 0 aromatic heterocycles. The number of nitrogens with one attached hydrogen (secondary N) is 1. The Hall–Kier alpha value is -2.01. The first-order valence-electron chi connectivity index (χ1n) is 6.63. The van der Waals surface area contributed by atoms with E-state index in [1.54, 1.807) is 7.11 Å². The molecule has 0 saturated heterocycles. The van der Waals surface area contributed by atoms with Crippen LogP contribution >= 0.6 is 15.9 Å². The van der Waals surface area contributed by atoms with E-state index < -0.39 is 0 Å². The van der Waals surface area contributed by atoms with Gasteiger partial charge in [-0.1, -0.05) is 28.1 Å². The molecule has 1 heterocycles. The molecule has 0 aliphatic carbocycles. The molecule has 108 valence electrons. The van der Waals surface area contributed by atoms with Gasteiger partial charge < -0.3 is 15.0 Å². The number of benzene rings is 2. The Kier molecular flexibility index (Phi) is 3.84. The maximum atomic E-state index is 11.9. The molecular weight excluding hydrogens is 332 g/mol. The highest BCUT2D eigenvalue weighted by Crippen LogP contribution is 2.32. The lowest BCUT2D eigenvalue weighted by atomic mass is 10.1. The van der Waals surface area contributed by atoms with Crippen LogP contribution in [0.4, 0.5) is 11.4 Å². The van der Waals surface area contributed by atoms with E-state index in [-0.39, 0.29) is 5.91 Å². The number of rotatable bonds is 3. The van der Waals surface area contributed by atoms with Gasteiger partial charge in [-0.05, 0) is 30.3 Å². The van der Waals surface area contributed by atoms with Gasteiger partial charge in [-0.15, -0.1) is 0 Å². The van der Waals surface area contributed by atoms with Crippen LogP contribution in [0, 0.1) is 0 Å². The van der Waals surface area contributed by atoms with Crippen molar-refractivity contribution < 1.29 is 9.53 Å². The number of nitrogens with zero attached hydrogens (tertiary/aromatic N) is 1. The van der Waals surface area contributed by atoms with Gasteiger partial charge in [0.1, 0.15) is 5.75 Å².